The molecular weight excluding hydrogens is 248 g/mol. The minimum atomic E-state index is 0.273. The summed E-state index contributed by atoms with van der Waals surface area (Å²) in [7, 11) is 0. The summed E-state index contributed by atoms with van der Waals surface area (Å²) in [5.41, 5.74) is 2.07. The van der Waals surface area contributed by atoms with Crippen LogP contribution in [0.15, 0.2) is 72.8 Å². The van der Waals surface area contributed by atoms with Gasteiger partial charge in [-0.15, -0.1) is 0 Å². The Morgan fingerprint density at radius 3 is 1.20 bits per heavy atom. The van der Waals surface area contributed by atoms with Crippen LogP contribution in [0.3, 0.4) is 0 Å². The molecule has 2 N–H and O–H groups in total. The van der Waals surface area contributed by atoms with Gasteiger partial charge in [0, 0.05) is 0 Å². The molecule has 20 heavy (non-hydrogen) atoms. The van der Waals surface area contributed by atoms with Crippen molar-refractivity contribution in [2.45, 2.75) is 0 Å². The zero-order chi connectivity index (χ0) is 14.2. The molecule has 0 aliphatic heterocycles. The molecule has 0 aliphatic rings. The summed E-state index contributed by atoms with van der Waals surface area (Å²) in [5.74, 6) is 0.545. The van der Waals surface area contributed by atoms with Gasteiger partial charge in [-0.25, -0.2) is 0 Å². The van der Waals surface area contributed by atoms with Gasteiger partial charge in [0.1, 0.15) is 11.5 Å². The van der Waals surface area contributed by atoms with Gasteiger partial charge in [0.05, 0.1) is 0 Å². The van der Waals surface area contributed by atoms with E-state index in [1.807, 2.05) is 60.7 Å². The van der Waals surface area contributed by atoms with Crippen molar-refractivity contribution < 1.29 is 10.2 Å². The highest BCUT2D eigenvalue weighted by Gasteiger charge is 1.87. The first-order chi connectivity index (χ1) is 9.74. The van der Waals surface area contributed by atoms with Crippen LogP contribution in [0, 0.1) is 0 Å². The Labute approximate surface area is 118 Å². The van der Waals surface area contributed by atoms with Gasteiger partial charge in [0.25, 0.3) is 0 Å². The second kappa shape index (κ2) is 7.00. The Balaban J connectivity index is 1.87. The molecule has 2 nitrogen and oxygen atoms in total. The number of allylic oxidation sites excluding steroid dienone is 4. The lowest BCUT2D eigenvalue weighted by Gasteiger charge is -1.92. The first kappa shape index (κ1) is 13.7. The number of hydrogen-bond donors (Lipinski definition) is 2. The molecular formula is C18H16O2. The van der Waals surface area contributed by atoms with Gasteiger partial charge < -0.3 is 10.2 Å². The van der Waals surface area contributed by atoms with Crippen LogP contribution in [0.4, 0.5) is 0 Å². The van der Waals surface area contributed by atoms with Crippen molar-refractivity contribution in [1.82, 2.24) is 0 Å². The lowest BCUT2D eigenvalue weighted by Crippen LogP contribution is -1.69. The Kier molecular flexibility index (Phi) is 4.79. The summed E-state index contributed by atoms with van der Waals surface area (Å²) in [6, 6.07) is 14.1. The minimum absolute atomic E-state index is 0.273. The van der Waals surface area contributed by atoms with Crippen LogP contribution in [0.2, 0.25) is 0 Å². The molecule has 100 valence electrons. The van der Waals surface area contributed by atoms with Crippen molar-refractivity contribution in [3.8, 4) is 11.5 Å². The predicted molar refractivity (Wildman–Crippen MR) is 83.4 cm³/mol. The molecule has 0 unspecified atom stereocenters. The molecule has 0 saturated carbocycles. The summed E-state index contributed by atoms with van der Waals surface area (Å²) in [4.78, 5) is 0. The average molecular weight is 264 g/mol. The van der Waals surface area contributed by atoms with E-state index in [1.54, 1.807) is 24.3 Å². The van der Waals surface area contributed by atoms with Crippen molar-refractivity contribution in [3.05, 3.63) is 84.0 Å². The molecule has 0 atom stereocenters. The second-order valence-electron chi connectivity index (χ2n) is 4.29. The first-order valence-electron chi connectivity index (χ1n) is 6.33. The number of benzene rings is 2. The van der Waals surface area contributed by atoms with Gasteiger partial charge in [0.2, 0.25) is 0 Å². The van der Waals surface area contributed by atoms with Gasteiger partial charge in [0.15, 0.2) is 0 Å². The first-order valence-corrected chi connectivity index (χ1v) is 6.33. The van der Waals surface area contributed by atoms with Gasteiger partial charge in [-0.05, 0) is 35.4 Å². The van der Waals surface area contributed by atoms with Crippen LogP contribution < -0.4 is 0 Å². The van der Waals surface area contributed by atoms with E-state index in [1.165, 1.54) is 0 Å². The molecule has 0 saturated heterocycles. The van der Waals surface area contributed by atoms with Crippen molar-refractivity contribution >= 4 is 12.2 Å². The molecule has 0 fully saturated rings. The van der Waals surface area contributed by atoms with Crippen molar-refractivity contribution in [1.29, 1.82) is 0 Å². The quantitative estimate of drug-likeness (QED) is 0.804. The van der Waals surface area contributed by atoms with E-state index in [2.05, 4.69) is 0 Å². The molecule has 0 aliphatic carbocycles. The topological polar surface area (TPSA) is 40.5 Å². The van der Waals surface area contributed by atoms with Crippen molar-refractivity contribution in [2.24, 2.45) is 0 Å². The summed E-state index contributed by atoms with van der Waals surface area (Å²) in [6.07, 6.45) is 11.7. The van der Waals surface area contributed by atoms with Crippen LogP contribution >= 0.6 is 0 Å². The highest BCUT2D eigenvalue weighted by atomic mass is 16.3. The van der Waals surface area contributed by atoms with E-state index in [9.17, 15) is 0 Å². The molecule has 0 aromatic heterocycles. The Morgan fingerprint density at radius 1 is 0.500 bits per heavy atom. The number of phenolic OH excluding ortho intramolecular Hbond substituents is 2. The maximum Gasteiger partial charge on any atom is 0.115 e. The third-order valence-corrected chi connectivity index (χ3v) is 2.70. The normalized spacial score (nSPS) is 11.8. The van der Waals surface area contributed by atoms with E-state index in [4.69, 9.17) is 10.2 Å². The zero-order valence-electron chi connectivity index (χ0n) is 11.0. The maximum atomic E-state index is 9.16. The monoisotopic (exact) mass is 264 g/mol. The third-order valence-electron chi connectivity index (χ3n) is 2.70. The summed E-state index contributed by atoms with van der Waals surface area (Å²) < 4.78 is 0. The minimum Gasteiger partial charge on any atom is -0.508 e. The zero-order valence-corrected chi connectivity index (χ0v) is 11.0. The predicted octanol–water partition coefficient (Wildman–Crippen LogP) is 4.38. The van der Waals surface area contributed by atoms with Gasteiger partial charge in [-0.1, -0.05) is 60.7 Å². The largest absolute Gasteiger partial charge is 0.508 e. The lowest BCUT2D eigenvalue weighted by atomic mass is 10.2. The molecule has 0 amide bonds. The standard InChI is InChI=1S/C18H16O2/c19-17-11-7-15(8-12-17)5-3-1-2-4-6-16-9-13-18(20)14-10-16/h1-14,19-20H/b2-1+,5-3+,6-4+. The lowest BCUT2D eigenvalue weighted by molar-refractivity contribution is 0.474. The Morgan fingerprint density at radius 2 is 0.850 bits per heavy atom. The average Bonchev–Trinajstić information content (AvgIpc) is 2.46. The Bertz CT molecular complexity index is 560. The molecule has 2 aromatic rings. The van der Waals surface area contributed by atoms with E-state index in [0.717, 1.165) is 11.1 Å². The van der Waals surface area contributed by atoms with Gasteiger partial charge >= 0.3 is 0 Å². The number of hydrogen-bond acceptors (Lipinski definition) is 2. The number of phenols is 2. The van der Waals surface area contributed by atoms with E-state index < -0.39 is 0 Å². The van der Waals surface area contributed by atoms with Gasteiger partial charge in [-0.3, -0.25) is 0 Å². The van der Waals surface area contributed by atoms with Crippen molar-refractivity contribution in [2.75, 3.05) is 0 Å². The fraction of sp³-hybridized carbons (Fsp3) is 0. The molecule has 2 heteroatoms. The summed E-state index contributed by atoms with van der Waals surface area (Å²) >= 11 is 0. The number of rotatable bonds is 4. The van der Waals surface area contributed by atoms with Crippen LogP contribution in [-0.2, 0) is 0 Å². The van der Waals surface area contributed by atoms with Crippen LogP contribution in [0.1, 0.15) is 11.1 Å². The van der Waals surface area contributed by atoms with Crippen LogP contribution in [0.25, 0.3) is 12.2 Å². The molecule has 0 radical (unpaired) electrons. The number of aromatic hydroxyl groups is 2. The fourth-order valence-corrected chi connectivity index (χ4v) is 1.63. The second-order valence-corrected chi connectivity index (χ2v) is 4.29. The molecule has 0 bridgehead atoms. The highest BCUT2D eigenvalue weighted by Crippen LogP contribution is 2.11. The van der Waals surface area contributed by atoms with E-state index >= 15 is 0 Å². The Hall–Kier alpha value is -2.74. The van der Waals surface area contributed by atoms with Gasteiger partial charge in [-0.2, -0.15) is 0 Å². The van der Waals surface area contributed by atoms with Crippen molar-refractivity contribution in [3.63, 3.8) is 0 Å². The van der Waals surface area contributed by atoms with Crippen LogP contribution in [0.5, 0.6) is 11.5 Å². The molecule has 2 rings (SSSR count). The third kappa shape index (κ3) is 4.50. The van der Waals surface area contributed by atoms with Crippen LogP contribution in [-0.4, -0.2) is 10.2 Å². The molecule has 0 spiro atoms. The maximum absolute atomic E-state index is 9.16. The van der Waals surface area contributed by atoms with E-state index in [0.29, 0.717) is 0 Å². The highest BCUT2D eigenvalue weighted by molar-refractivity contribution is 5.54. The smallest absolute Gasteiger partial charge is 0.115 e. The fourth-order valence-electron chi connectivity index (χ4n) is 1.63. The SMILES string of the molecule is Oc1ccc(/C=C/C=C/C=C/c2ccc(O)cc2)cc1. The summed E-state index contributed by atoms with van der Waals surface area (Å²) in [6.45, 7) is 0. The van der Waals surface area contributed by atoms with E-state index in [-0.39, 0.29) is 11.5 Å². The summed E-state index contributed by atoms with van der Waals surface area (Å²) in [5, 5.41) is 18.3. The molecule has 2 aromatic carbocycles. The molecule has 0 heterocycles.